The van der Waals surface area contributed by atoms with Gasteiger partial charge in [-0.25, -0.2) is 4.18 Å². The van der Waals surface area contributed by atoms with Gasteiger partial charge in [0.2, 0.25) is 0 Å². The SMILES string of the molecule is CC(C)(Cc1ccccc1)NS(=O)(=O)OC(C(F)(F)F)C(F)(F)F. The molecule has 0 spiro atoms. The number of hydrogen-bond donors (Lipinski definition) is 1. The van der Waals surface area contributed by atoms with Gasteiger partial charge in [-0.3, -0.25) is 0 Å². The summed E-state index contributed by atoms with van der Waals surface area (Å²) in [5.41, 5.74) is -0.740. The molecule has 0 heterocycles. The molecule has 1 aromatic carbocycles. The monoisotopic (exact) mass is 379 g/mol. The fourth-order valence-corrected chi connectivity index (χ4v) is 3.19. The molecule has 0 saturated heterocycles. The number of alkyl halides is 6. The molecule has 138 valence electrons. The van der Waals surface area contributed by atoms with E-state index in [1.165, 1.54) is 13.8 Å². The molecule has 1 aromatic rings. The molecule has 1 N–H and O–H groups in total. The molecule has 0 aliphatic carbocycles. The molecule has 0 fully saturated rings. The Hall–Kier alpha value is -1.33. The third-order valence-corrected chi connectivity index (χ3v) is 3.96. The minimum Gasteiger partial charge on any atom is -0.235 e. The van der Waals surface area contributed by atoms with E-state index in [0.717, 1.165) is 0 Å². The summed E-state index contributed by atoms with van der Waals surface area (Å²) in [6, 6.07) is 8.26. The van der Waals surface area contributed by atoms with Crippen LogP contribution >= 0.6 is 0 Å². The fourth-order valence-electron chi connectivity index (χ4n) is 1.93. The number of halogens is 6. The molecule has 0 radical (unpaired) electrons. The third kappa shape index (κ3) is 6.65. The molecule has 0 aromatic heterocycles. The Morgan fingerprint density at radius 1 is 1.00 bits per heavy atom. The Morgan fingerprint density at radius 2 is 1.46 bits per heavy atom. The Morgan fingerprint density at radius 3 is 1.88 bits per heavy atom. The van der Waals surface area contributed by atoms with Gasteiger partial charge in [0.1, 0.15) is 0 Å². The zero-order chi connectivity index (χ0) is 18.8. The van der Waals surface area contributed by atoms with Crippen LogP contribution in [0.2, 0.25) is 0 Å². The Bertz CT molecular complexity index is 626. The van der Waals surface area contributed by atoms with E-state index >= 15 is 0 Å². The van der Waals surface area contributed by atoms with Crippen molar-refractivity contribution in [1.29, 1.82) is 0 Å². The van der Waals surface area contributed by atoms with Gasteiger partial charge in [0.25, 0.3) is 6.10 Å². The maximum Gasteiger partial charge on any atom is 0.425 e. The van der Waals surface area contributed by atoms with Crippen LogP contribution in [0, 0.1) is 0 Å². The van der Waals surface area contributed by atoms with Crippen LogP contribution in [0.25, 0.3) is 0 Å². The predicted molar refractivity (Wildman–Crippen MR) is 73.3 cm³/mol. The van der Waals surface area contributed by atoms with Crippen LogP contribution < -0.4 is 4.72 Å². The van der Waals surface area contributed by atoms with Gasteiger partial charge in [-0.1, -0.05) is 30.3 Å². The first-order chi connectivity index (χ1) is 10.6. The lowest BCUT2D eigenvalue weighted by Crippen LogP contribution is -2.51. The van der Waals surface area contributed by atoms with E-state index in [1.807, 2.05) is 0 Å². The van der Waals surface area contributed by atoms with Crippen molar-refractivity contribution in [1.82, 2.24) is 4.72 Å². The minimum atomic E-state index is -5.92. The summed E-state index contributed by atoms with van der Waals surface area (Å²) in [6.45, 7) is 2.61. The molecule has 11 heteroatoms. The summed E-state index contributed by atoms with van der Waals surface area (Å²) in [5, 5.41) is 0. The average Bonchev–Trinajstić information content (AvgIpc) is 2.32. The van der Waals surface area contributed by atoms with Crippen molar-refractivity contribution in [2.75, 3.05) is 0 Å². The highest BCUT2D eigenvalue weighted by atomic mass is 32.2. The quantitative estimate of drug-likeness (QED) is 0.772. The average molecular weight is 379 g/mol. The second-order valence-electron chi connectivity index (χ2n) is 5.66. The van der Waals surface area contributed by atoms with E-state index in [-0.39, 0.29) is 6.42 Å². The van der Waals surface area contributed by atoms with Gasteiger partial charge in [0.05, 0.1) is 0 Å². The lowest BCUT2D eigenvalue weighted by Gasteiger charge is -2.28. The van der Waals surface area contributed by atoms with Gasteiger partial charge in [0, 0.05) is 5.54 Å². The Kier molecular flexibility index (Phi) is 5.94. The Balaban J connectivity index is 2.91. The summed E-state index contributed by atoms with van der Waals surface area (Å²) >= 11 is 0. The fraction of sp³-hybridized carbons (Fsp3) is 0.538. The van der Waals surface area contributed by atoms with Crippen LogP contribution in [-0.4, -0.2) is 32.4 Å². The minimum absolute atomic E-state index is 0.0269. The van der Waals surface area contributed by atoms with Gasteiger partial charge >= 0.3 is 22.7 Å². The van der Waals surface area contributed by atoms with Crippen LogP contribution in [0.3, 0.4) is 0 Å². The highest BCUT2D eigenvalue weighted by Crippen LogP contribution is 2.36. The van der Waals surface area contributed by atoms with Gasteiger partial charge in [0.15, 0.2) is 0 Å². The van der Waals surface area contributed by atoms with Crippen molar-refractivity contribution in [3.8, 4) is 0 Å². The number of nitrogens with one attached hydrogen (secondary N) is 1. The molecular formula is C13H15F6NO3S. The van der Waals surface area contributed by atoms with E-state index < -0.39 is 34.3 Å². The van der Waals surface area contributed by atoms with Crippen molar-refractivity contribution in [3.05, 3.63) is 35.9 Å². The van der Waals surface area contributed by atoms with E-state index in [0.29, 0.717) is 5.56 Å². The molecule has 0 aliphatic heterocycles. The molecule has 0 aliphatic rings. The van der Waals surface area contributed by atoms with Gasteiger partial charge in [-0.2, -0.15) is 39.5 Å². The van der Waals surface area contributed by atoms with Crippen molar-refractivity contribution < 1.29 is 38.9 Å². The normalized spacial score (nSPS) is 14.2. The first kappa shape index (κ1) is 20.7. The highest BCUT2D eigenvalue weighted by molar-refractivity contribution is 7.84. The second kappa shape index (κ2) is 6.89. The predicted octanol–water partition coefficient (Wildman–Crippen LogP) is 3.35. The van der Waals surface area contributed by atoms with Crippen LogP contribution in [0.5, 0.6) is 0 Å². The molecule has 0 saturated carbocycles. The third-order valence-electron chi connectivity index (χ3n) is 2.71. The van der Waals surface area contributed by atoms with Crippen LogP contribution in [0.15, 0.2) is 30.3 Å². The van der Waals surface area contributed by atoms with E-state index in [4.69, 9.17) is 0 Å². The van der Waals surface area contributed by atoms with Crippen LogP contribution in [-0.2, 0) is 20.9 Å². The van der Waals surface area contributed by atoms with Gasteiger partial charge in [-0.05, 0) is 25.8 Å². The molecule has 0 bridgehead atoms. The van der Waals surface area contributed by atoms with E-state index in [2.05, 4.69) is 4.18 Å². The topological polar surface area (TPSA) is 55.4 Å². The number of hydrogen-bond acceptors (Lipinski definition) is 3. The number of rotatable bonds is 6. The number of benzene rings is 1. The zero-order valence-electron chi connectivity index (χ0n) is 12.6. The largest absolute Gasteiger partial charge is 0.425 e. The summed E-state index contributed by atoms with van der Waals surface area (Å²) in [6.07, 6.45) is -16.2. The summed E-state index contributed by atoms with van der Waals surface area (Å²) in [5.74, 6) is 0. The van der Waals surface area contributed by atoms with E-state index in [1.54, 1.807) is 35.1 Å². The molecule has 1 rings (SSSR count). The lowest BCUT2D eigenvalue weighted by molar-refractivity contribution is -0.299. The molecule has 4 nitrogen and oxygen atoms in total. The lowest BCUT2D eigenvalue weighted by atomic mass is 9.96. The molecule has 0 atom stereocenters. The maximum atomic E-state index is 12.4. The Labute approximate surface area is 135 Å². The molecular weight excluding hydrogens is 364 g/mol. The van der Waals surface area contributed by atoms with Crippen molar-refractivity contribution >= 4 is 10.3 Å². The highest BCUT2D eigenvalue weighted by Gasteiger charge is 2.60. The van der Waals surface area contributed by atoms with Crippen molar-refractivity contribution in [2.24, 2.45) is 0 Å². The van der Waals surface area contributed by atoms with Gasteiger partial charge < -0.3 is 0 Å². The smallest absolute Gasteiger partial charge is 0.235 e. The maximum absolute atomic E-state index is 12.4. The van der Waals surface area contributed by atoms with E-state index in [9.17, 15) is 34.8 Å². The van der Waals surface area contributed by atoms with Crippen LogP contribution in [0.1, 0.15) is 19.4 Å². The summed E-state index contributed by atoms with van der Waals surface area (Å²) in [7, 11) is -5.31. The molecule has 0 unspecified atom stereocenters. The standard InChI is InChI=1S/C13H15F6NO3S/c1-11(2,8-9-6-4-3-5-7-9)20-24(21,22)23-10(12(14,15)16)13(17,18)19/h3-7,10,20H,8H2,1-2H3. The summed E-state index contributed by atoms with van der Waals surface area (Å²) < 4.78 is 103. The van der Waals surface area contributed by atoms with Crippen molar-refractivity contribution in [3.63, 3.8) is 0 Å². The first-order valence-electron chi connectivity index (χ1n) is 6.52. The van der Waals surface area contributed by atoms with Crippen molar-refractivity contribution in [2.45, 2.75) is 44.3 Å². The first-order valence-corrected chi connectivity index (χ1v) is 7.93. The molecule has 24 heavy (non-hydrogen) atoms. The second-order valence-corrected chi connectivity index (χ2v) is 6.97. The van der Waals surface area contributed by atoms with Gasteiger partial charge in [-0.15, -0.1) is 0 Å². The zero-order valence-corrected chi connectivity index (χ0v) is 13.4. The molecule has 0 amide bonds. The summed E-state index contributed by atoms with van der Waals surface area (Å²) in [4.78, 5) is 0. The van der Waals surface area contributed by atoms with Crippen LogP contribution in [0.4, 0.5) is 26.3 Å².